The predicted octanol–water partition coefficient (Wildman–Crippen LogP) is 5.74. The fourth-order valence-electron chi connectivity index (χ4n) is 3.91. The van der Waals surface area contributed by atoms with Gasteiger partial charge in [-0.2, -0.15) is 18.2 Å². The summed E-state index contributed by atoms with van der Waals surface area (Å²) >= 11 is 0. The maximum Gasteiger partial charge on any atom is 0.416 e. The number of halogens is 3. The van der Waals surface area contributed by atoms with Crippen molar-refractivity contribution in [3.05, 3.63) is 88.8 Å². The van der Waals surface area contributed by atoms with E-state index in [-0.39, 0.29) is 22.8 Å². The molecule has 0 atom stereocenters. The van der Waals surface area contributed by atoms with E-state index in [0.717, 1.165) is 12.1 Å². The standard InChI is InChI=1S/C26H18F3N3O4/c1-34-21-11-10-17(13-22(21)35-2)32-14-20(18-8-3-4-9-19(18)25(32)33)24-30-23(31-36-24)15-6-5-7-16(12-15)26(27,28)29/h3-14H,1-2H3. The van der Waals surface area contributed by atoms with E-state index in [2.05, 4.69) is 10.1 Å². The number of hydrogen-bond acceptors (Lipinski definition) is 6. The molecule has 5 aromatic rings. The molecule has 0 saturated heterocycles. The number of aromatic nitrogens is 3. The molecule has 0 aliphatic carbocycles. The smallest absolute Gasteiger partial charge is 0.416 e. The molecule has 5 rings (SSSR count). The van der Waals surface area contributed by atoms with Crippen molar-refractivity contribution < 1.29 is 27.2 Å². The van der Waals surface area contributed by atoms with Gasteiger partial charge in [-0.05, 0) is 30.3 Å². The van der Waals surface area contributed by atoms with E-state index in [1.807, 2.05) is 0 Å². The summed E-state index contributed by atoms with van der Waals surface area (Å²) in [5.41, 5.74) is -0.0247. The lowest BCUT2D eigenvalue weighted by atomic mass is 10.1. The van der Waals surface area contributed by atoms with Crippen LogP contribution >= 0.6 is 0 Å². The Bertz CT molecular complexity index is 1640. The highest BCUT2D eigenvalue weighted by Gasteiger charge is 2.31. The quantitative estimate of drug-likeness (QED) is 0.311. The first kappa shape index (κ1) is 23.2. The van der Waals surface area contributed by atoms with Gasteiger partial charge in [0.15, 0.2) is 11.5 Å². The van der Waals surface area contributed by atoms with E-state index >= 15 is 0 Å². The molecule has 0 saturated carbocycles. The molecule has 0 fully saturated rings. The summed E-state index contributed by atoms with van der Waals surface area (Å²) in [6, 6.07) is 16.6. The molecule has 0 spiro atoms. The van der Waals surface area contributed by atoms with Crippen LogP contribution in [-0.2, 0) is 6.18 Å². The van der Waals surface area contributed by atoms with Crippen LogP contribution in [0.25, 0.3) is 39.3 Å². The van der Waals surface area contributed by atoms with Gasteiger partial charge in [0.2, 0.25) is 5.82 Å². The lowest BCUT2D eigenvalue weighted by Gasteiger charge is -2.13. The third-order valence-corrected chi connectivity index (χ3v) is 5.67. The van der Waals surface area contributed by atoms with Crippen molar-refractivity contribution >= 4 is 10.8 Å². The second kappa shape index (κ2) is 8.88. The van der Waals surface area contributed by atoms with Crippen LogP contribution in [0.2, 0.25) is 0 Å². The van der Waals surface area contributed by atoms with Crippen molar-refractivity contribution in [2.75, 3.05) is 14.2 Å². The molecule has 3 aromatic carbocycles. The van der Waals surface area contributed by atoms with Crippen molar-refractivity contribution in [3.8, 4) is 40.0 Å². The number of hydrogen-bond donors (Lipinski definition) is 0. The van der Waals surface area contributed by atoms with Gasteiger partial charge in [0.1, 0.15) is 0 Å². The lowest BCUT2D eigenvalue weighted by Crippen LogP contribution is -2.18. The van der Waals surface area contributed by atoms with Crippen molar-refractivity contribution in [1.82, 2.24) is 14.7 Å². The zero-order valence-corrected chi connectivity index (χ0v) is 19.0. The van der Waals surface area contributed by atoms with Crippen LogP contribution < -0.4 is 15.0 Å². The van der Waals surface area contributed by atoms with Gasteiger partial charge >= 0.3 is 6.18 Å². The summed E-state index contributed by atoms with van der Waals surface area (Å²) < 4.78 is 57.0. The van der Waals surface area contributed by atoms with Gasteiger partial charge in [-0.25, -0.2) is 0 Å². The molecule has 182 valence electrons. The number of methoxy groups -OCH3 is 2. The Morgan fingerprint density at radius 1 is 0.889 bits per heavy atom. The second-order valence-electron chi connectivity index (χ2n) is 7.80. The van der Waals surface area contributed by atoms with Gasteiger partial charge in [-0.1, -0.05) is 35.5 Å². The molecule has 2 aromatic heterocycles. The number of fused-ring (bicyclic) bond motifs is 1. The number of alkyl halides is 3. The zero-order valence-electron chi connectivity index (χ0n) is 19.0. The summed E-state index contributed by atoms with van der Waals surface area (Å²) in [4.78, 5) is 17.7. The summed E-state index contributed by atoms with van der Waals surface area (Å²) in [5.74, 6) is 0.969. The van der Waals surface area contributed by atoms with Crippen LogP contribution in [0.1, 0.15) is 5.56 Å². The van der Waals surface area contributed by atoms with Gasteiger partial charge in [0.05, 0.1) is 31.0 Å². The van der Waals surface area contributed by atoms with Crippen molar-refractivity contribution in [1.29, 1.82) is 0 Å². The van der Waals surface area contributed by atoms with Crippen LogP contribution in [0.3, 0.4) is 0 Å². The van der Waals surface area contributed by atoms with Gasteiger partial charge in [0, 0.05) is 28.6 Å². The molecule has 7 nitrogen and oxygen atoms in total. The average molecular weight is 493 g/mol. The van der Waals surface area contributed by atoms with Crippen molar-refractivity contribution in [2.45, 2.75) is 6.18 Å². The zero-order chi connectivity index (χ0) is 25.4. The summed E-state index contributed by atoms with van der Waals surface area (Å²) in [6.07, 6.45) is -2.96. The maximum atomic E-state index is 13.3. The normalized spacial score (nSPS) is 11.6. The third kappa shape index (κ3) is 4.06. The SMILES string of the molecule is COc1ccc(-n2cc(-c3nc(-c4cccc(C(F)(F)F)c4)no3)c3ccccc3c2=O)cc1OC. The molecule has 36 heavy (non-hydrogen) atoms. The third-order valence-electron chi connectivity index (χ3n) is 5.67. The molecule has 0 N–H and O–H groups in total. The molecule has 0 unspecified atom stereocenters. The molecular formula is C26H18F3N3O4. The lowest BCUT2D eigenvalue weighted by molar-refractivity contribution is -0.137. The molecule has 0 aliphatic rings. The Morgan fingerprint density at radius 3 is 2.36 bits per heavy atom. The largest absolute Gasteiger partial charge is 0.493 e. The Labute approximate surface area is 202 Å². The van der Waals surface area contributed by atoms with Crippen LogP contribution in [0.15, 0.2) is 82.2 Å². The highest BCUT2D eigenvalue weighted by molar-refractivity contribution is 5.94. The topological polar surface area (TPSA) is 79.4 Å². The predicted molar refractivity (Wildman–Crippen MR) is 126 cm³/mol. The van der Waals surface area contributed by atoms with Crippen LogP contribution in [0.5, 0.6) is 11.5 Å². The van der Waals surface area contributed by atoms with Gasteiger partial charge in [-0.3, -0.25) is 9.36 Å². The molecule has 10 heteroatoms. The van der Waals surface area contributed by atoms with E-state index in [0.29, 0.717) is 33.5 Å². The first-order valence-electron chi connectivity index (χ1n) is 10.7. The Balaban J connectivity index is 1.67. The van der Waals surface area contributed by atoms with Crippen LogP contribution in [0.4, 0.5) is 13.2 Å². The Hall–Kier alpha value is -4.60. The van der Waals surface area contributed by atoms with Gasteiger partial charge in [0.25, 0.3) is 11.4 Å². The van der Waals surface area contributed by atoms with Gasteiger partial charge < -0.3 is 14.0 Å². The maximum absolute atomic E-state index is 13.3. The molecule has 0 amide bonds. The van der Waals surface area contributed by atoms with E-state index in [9.17, 15) is 18.0 Å². The minimum atomic E-state index is -4.51. The number of pyridine rings is 1. The fraction of sp³-hybridized carbons (Fsp3) is 0.115. The summed E-state index contributed by atoms with van der Waals surface area (Å²) in [7, 11) is 3.00. The summed E-state index contributed by atoms with van der Waals surface area (Å²) in [6.45, 7) is 0. The van der Waals surface area contributed by atoms with E-state index in [1.54, 1.807) is 48.7 Å². The second-order valence-corrected chi connectivity index (χ2v) is 7.80. The van der Waals surface area contributed by atoms with Crippen LogP contribution in [0, 0.1) is 0 Å². The fourth-order valence-corrected chi connectivity index (χ4v) is 3.91. The molecule has 0 bridgehead atoms. The van der Waals surface area contributed by atoms with Crippen molar-refractivity contribution in [2.24, 2.45) is 0 Å². The monoisotopic (exact) mass is 493 g/mol. The van der Waals surface area contributed by atoms with Crippen molar-refractivity contribution in [3.63, 3.8) is 0 Å². The number of ether oxygens (including phenoxy) is 2. The average Bonchev–Trinajstić information content (AvgIpc) is 3.38. The number of rotatable bonds is 5. The Kier molecular flexibility index (Phi) is 5.71. The molecule has 2 heterocycles. The van der Waals surface area contributed by atoms with Crippen LogP contribution in [-0.4, -0.2) is 28.9 Å². The molecule has 0 aliphatic heterocycles. The highest BCUT2D eigenvalue weighted by Crippen LogP contribution is 2.34. The van der Waals surface area contributed by atoms with Gasteiger partial charge in [-0.15, -0.1) is 0 Å². The number of benzene rings is 3. The van der Waals surface area contributed by atoms with E-state index in [4.69, 9.17) is 14.0 Å². The Morgan fingerprint density at radius 2 is 1.64 bits per heavy atom. The highest BCUT2D eigenvalue weighted by atomic mass is 19.4. The summed E-state index contributed by atoms with van der Waals surface area (Å²) in [5, 5.41) is 4.84. The minimum Gasteiger partial charge on any atom is -0.493 e. The van der Waals surface area contributed by atoms with E-state index < -0.39 is 11.7 Å². The van der Waals surface area contributed by atoms with E-state index in [1.165, 1.54) is 30.9 Å². The first-order chi connectivity index (χ1) is 17.3. The molecule has 0 radical (unpaired) electrons. The molecular weight excluding hydrogens is 475 g/mol. The number of nitrogens with zero attached hydrogens (tertiary/aromatic N) is 3. The minimum absolute atomic E-state index is 0.0101. The first-order valence-corrected chi connectivity index (χ1v) is 10.7.